The predicted molar refractivity (Wildman–Crippen MR) is 34.9 cm³/mol. The van der Waals surface area contributed by atoms with Gasteiger partial charge in [0.1, 0.15) is 6.10 Å². The molecule has 0 rings (SSSR count). The van der Waals surface area contributed by atoms with Crippen LogP contribution in [0.4, 0.5) is 26.3 Å². The number of halogens is 6. The second-order valence-electron chi connectivity index (χ2n) is 2.61. The van der Waals surface area contributed by atoms with Gasteiger partial charge in [0.15, 0.2) is 0 Å². The number of rotatable bonds is 5. The van der Waals surface area contributed by atoms with E-state index >= 15 is 0 Å². The highest BCUT2D eigenvalue weighted by molar-refractivity contribution is 4.75. The molecule has 92 valence electrons. The van der Waals surface area contributed by atoms with Crippen molar-refractivity contribution >= 4 is 0 Å². The highest BCUT2D eigenvalue weighted by Gasteiger charge is 2.58. The van der Waals surface area contributed by atoms with E-state index in [1.54, 1.807) is 0 Å². The van der Waals surface area contributed by atoms with Crippen LogP contribution >= 0.6 is 0 Å². The average Bonchev–Trinajstić information content (AvgIpc) is 2.11. The van der Waals surface area contributed by atoms with Crippen LogP contribution in [0.2, 0.25) is 0 Å². The van der Waals surface area contributed by atoms with Crippen molar-refractivity contribution in [1.29, 1.82) is 0 Å². The summed E-state index contributed by atoms with van der Waals surface area (Å²) in [5.41, 5.74) is 0. The standard InChI is InChI=1S/C6H8F6O3/c7-4(5(8,9)10)6(11,12)15-2-3(14)1-13/h3-4,13-14H,1-2H2. The Bertz CT molecular complexity index is 194. The Balaban J connectivity index is 4.29. The Morgan fingerprint density at radius 3 is 1.93 bits per heavy atom. The van der Waals surface area contributed by atoms with Crippen LogP contribution in [-0.2, 0) is 4.74 Å². The molecule has 9 heteroatoms. The van der Waals surface area contributed by atoms with E-state index in [1.807, 2.05) is 0 Å². The maximum atomic E-state index is 12.3. The highest BCUT2D eigenvalue weighted by atomic mass is 19.4. The lowest BCUT2D eigenvalue weighted by molar-refractivity contribution is -0.339. The van der Waals surface area contributed by atoms with Gasteiger partial charge in [0.2, 0.25) is 0 Å². The second kappa shape index (κ2) is 4.99. The van der Waals surface area contributed by atoms with Gasteiger partial charge in [0, 0.05) is 0 Å². The van der Waals surface area contributed by atoms with Crippen molar-refractivity contribution in [2.45, 2.75) is 24.6 Å². The molecule has 2 atom stereocenters. The minimum Gasteiger partial charge on any atom is -0.394 e. The van der Waals surface area contributed by atoms with Gasteiger partial charge in [-0.05, 0) is 0 Å². The Hall–Kier alpha value is -0.540. The van der Waals surface area contributed by atoms with Gasteiger partial charge in [-0.3, -0.25) is 0 Å². The predicted octanol–water partition coefficient (Wildman–Crippen LogP) is 0.849. The van der Waals surface area contributed by atoms with E-state index in [0.29, 0.717) is 0 Å². The van der Waals surface area contributed by atoms with Crippen LogP contribution in [0.5, 0.6) is 0 Å². The van der Waals surface area contributed by atoms with E-state index in [4.69, 9.17) is 10.2 Å². The molecule has 0 aliphatic carbocycles. The van der Waals surface area contributed by atoms with Crippen LogP contribution < -0.4 is 0 Å². The van der Waals surface area contributed by atoms with Crippen LogP contribution in [0.1, 0.15) is 0 Å². The van der Waals surface area contributed by atoms with Gasteiger partial charge < -0.3 is 14.9 Å². The quantitative estimate of drug-likeness (QED) is 0.702. The summed E-state index contributed by atoms with van der Waals surface area (Å²) in [5, 5.41) is 16.6. The Morgan fingerprint density at radius 1 is 1.13 bits per heavy atom. The van der Waals surface area contributed by atoms with Gasteiger partial charge in [-0.2, -0.15) is 22.0 Å². The monoisotopic (exact) mass is 242 g/mol. The molecule has 0 aromatic heterocycles. The van der Waals surface area contributed by atoms with Crippen molar-refractivity contribution in [3.8, 4) is 0 Å². The fraction of sp³-hybridized carbons (Fsp3) is 1.00. The number of aliphatic hydroxyl groups is 2. The maximum absolute atomic E-state index is 12.3. The van der Waals surface area contributed by atoms with E-state index in [-0.39, 0.29) is 0 Å². The first-order valence-electron chi connectivity index (χ1n) is 3.62. The summed E-state index contributed by atoms with van der Waals surface area (Å²) >= 11 is 0. The molecule has 0 aliphatic heterocycles. The molecule has 2 unspecified atom stereocenters. The molecule has 0 radical (unpaired) electrons. The highest BCUT2D eigenvalue weighted by Crippen LogP contribution is 2.35. The molecule has 0 aromatic rings. The number of aliphatic hydroxyl groups excluding tert-OH is 2. The lowest BCUT2D eigenvalue weighted by Crippen LogP contribution is -2.45. The molecule has 0 aliphatic rings. The molecule has 3 nitrogen and oxygen atoms in total. The molecule has 0 saturated heterocycles. The largest absolute Gasteiger partial charge is 0.428 e. The smallest absolute Gasteiger partial charge is 0.394 e. The van der Waals surface area contributed by atoms with E-state index in [2.05, 4.69) is 4.74 Å². The molecule has 0 spiro atoms. The summed E-state index contributed by atoms with van der Waals surface area (Å²) in [4.78, 5) is 0. The third-order valence-electron chi connectivity index (χ3n) is 1.26. The SMILES string of the molecule is OCC(O)COC(F)(F)C(F)C(F)(F)F. The summed E-state index contributed by atoms with van der Waals surface area (Å²) in [5.74, 6) is 0. The third-order valence-corrected chi connectivity index (χ3v) is 1.26. The zero-order chi connectivity index (χ0) is 12.3. The van der Waals surface area contributed by atoms with Crippen LogP contribution in [0.15, 0.2) is 0 Å². The zero-order valence-corrected chi connectivity index (χ0v) is 7.14. The van der Waals surface area contributed by atoms with E-state index < -0.39 is 37.8 Å². The Kier molecular flexibility index (Phi) is 4.81. The molecule has 0 bridgehead atoms. The van der Waals surface area contributed by atoms with Crippen LogP contribution in [0.25, 0.3) is 0 Å². The van der Waals surface area contributed by atoms with Gasteiger partial charge in [-0.25, -0.2) is 4.39 Å². The molecular weight excluding hydrogens is 234 g/mol. The molecule has 15 heavy (non-hydrogen) atoms. The number of hydrogen-bond acceptors (Lipinski definition) is 3. The molecule has 0 aromatic carbocycles. The van der Waals surface area contributed by atoms with Crippen molar-refractivity contribution < 1.29 is 41.3 Å². The number of hydrogen-bond donors (Lipinski definition) is 2. The normalized spacial score (nSPS) is 17.6. The summed E-state index contributed by atoms with van der Waals surface area (Å²) in [7, 11) is 0. The van der Waals surface area contributed by atoms with E-state index in [9.17, 15) is 26.3 Å². The average molecular weight is 242 g/mol. The van der Waals surface area contributed by atoms with Crippen molar-refractivity contribution in [2.75, 3.05) is 13.2 Å². The molecule has 0 heterocycles. The molecule has 0 amide bonds. The zero-order valence-electron chi connectivity index (χ0n) is 7.14. The number of ether oxygens (including phenoxy) is 1. The number of alkyl halides is 6. The summed E-state index contributed by atoms with van der Waals surface area (Å²) in [6, 6.07) is 0. The second-order valence-corrected chi connectivity index (χ2v) is 2.61. The molecule has 0 fully saturated rings. The molecule has 0 saturated carbocycles. The van der Waals surface area contributed by atoms with E-state index in [1.165, 1.54) is 0 Å². The lowest BCUT2D eigenvalue weighted by Gasteiger charge is -2.23. The molecular formula is C6H8F6O3. The Labute approximate surface area is 80.3 Å². The minimum atomic E-state index is -5.76. The first-order chi connectivity index (χ1) is 6.61. The van der Waals surface area contributed by atoms with Crippen LogP contribution in [0, 0.1) is 0 Å². The van der Waals surface area contributed by atoms with Crippen molar-refractivity contribution in [2.24, 2.45) is 0 Å². The van der Waals surface area contributed by atoms with Gasteiger partial charge >= 0.3 is 12.3 Å². The fourth-order valence-corrected chi connectivity index (χ4v) is 0.524. The Morgan fingerprint density at radius 2 is 1.60 bits per heavy atom. The minimum absolute atomic E-state index is 0.987. The van der Waals surface area contributed by atoms with E-state index in [0.717, 1.165) is 0 Å². The molecule has 2 N–H and O–H groups in total. The summed E-state index contributed by atoms with van der Waals surface area (Å²) in [6.45, 7) is -2.29. The van der Waals surface area contributed by atoms with Gasteiger partial charge in [-0.15, -0.1) is 0 Å². The van der Waals surface area contributed by atoms with Crippen molar-refractivity contribution in [3.05, 3.63) is 0 Å². The first-order valence-corrected chi connectivity index (χ1v) is 3.62. The maximum Gasteiger partial charge on any atom is 0.428 e. The lowest BCUT2D eigenvalue weighted by atomic mass is 10.3. The van der Waals surface area contributed by atoms with Gasteiger partial charge in [0.25, 0.3) is 6.17 Å². The topological polar surface area (TPSA) is 49.7 Å². The van der Waals surface area contributed by atoms with Gasteiger partial charge in [0.05, 0.1) is 13.2 Å². The van der Waals surface area contributed by atoms with Crippen LogP contribution in [-0.4, -0.2) is 48.0 Å². The summed E-state index contributed by atoms with van der Waals surface area (Å²) < 4.78 is 74.4. The first kappa shape index (κ1) is 14.5. The van der Waals surface area contributed by atoms with Crippen molar-refractivity contribution in [1.82, 2.24) is 0 Å². The third kappa shape index (κ3) is 4.67. The van der Waals surface area contributed by atoms with Gasteiger partial charge in [-0.1, -0.05) is 0 Å². The fourth-order valence-electron chi connectivity index (χ4n) is 0.524. The van der Waals surface area contributed by atoms with Crippen molar-refractivity contribution in [3.63, 3.8) is 0 Å². The van der Waals surface area contributed by atoms with Crippen LogP contribution in [0.3, 0.4) is 0 Å². The summed E-state index contributed by atoms with van der Waals surface area (Å²) in [6.07, 6.45) is -17.1.